The van der Waals surface area contributed by atoms with E-state index < -0.39 is 0 Å². The van der Waals surface area contributed by atoms with Gasteiger partial charge in [-0.1, -0.05) is 6.07 Å². The van der Waals surface area contributed by atoms with E-state index in [0.717, 1.165) is 62.0 Å². The maximum Gasteiger partial charge on any atom is 0.274 e. The minimum Gasteiger partial charge on any atom is -0.378 e. The quantitative estimate of drug-likeness (QED) is 0.641. The SMILES string of the molecule is O=C(Nc1cc(N2CCOCC2)ccc1N1CCCCC1)c1cccc(-c2cn[nH]c2)n1. The molecule has 2 N–H and O–H groups in total. The summed E-state index contributed by atoms with van der Waals surface area (Å²) in [6.45, 7) is 5.16. The molecule has 166 valence electrons. The van der Waals surface area contributed by atoms with E-state index in [1.165, 1.54) is 19.3 Å². The van der Waals surface area contributed by atoms with Crippen LogP contribution in [0.15, 0.2) is 48.8 Å². The highest BCUT2D eigenvalue weighted by Crippen LogP contribution is 2.33. The van der Waals surface area contributed by atoms with E-state index in [2.05, 4.69) is 48.5 Å². The van der Waals surface area contributed by atoms with Crippen LogP contribution in [-0.2, 0) is 4.74 Å². The van der Waals surface area contributed by atoms with Crippen LogP contribution in [0, 0.1) is 0 Å². The maximum absolute atomic E-state index is 13.2. The summed E-state index contributed by atoms with van der Waals surface area (Å²) in [4.78, 5) is 22.4. The predicted octanol–water partition coefficient (Wildman–Crippen LogP) is 3.55. The molecule has 32 heavy (non-hydrogen) atoms. The Morgan fingerprint density at radius 2 is 1.84 bits per heavy atom. The molecule has 5 rings (SSSR count). The Morgan fingerprint density at radius 1 is 1.00 bits per heavy atom. The predicted molar refractivity (Wildman–Crippen MR) is 125 cm³/mol. The van der Waals surface area contributed by atoms with Crippen LogP contribution in [0.2, 0.25) is 0 Å². The molecule has 2 aliphatic heterocycles. The molecule has 8 nitrogen and oxygen atoms in total. The highest BCUT2D eigenvalue weighted by Gasteiger charge is 2.20. The molecule has 8 heteroatoms. The number of nitrogens with zero attached hydrogens (tertiary/aromatic N) is 4. The number of aromatic amines is 1. The van der Waals surface area contributed by atoms with Crippen molar-refractivity contribution in [3.05, 3.63) is 54.5 Å². The molecule has 0 atom stereocenters. The van der Waals surface area contributed by atoms with Gasteiger partial charge in [-0.05, 0) is 49.6 Å². The summed E-state index contributed by atoms with van der Waals surface area (Å²) in [7, 11) is 0. The highest BCUT2D eigenvalue weighted by atomic mass is 16.5. The fourth-order valence-electron chi connectivity index (χ4n) is 4.35. The summed E-state index contributed by atoms with van der Waals surface area (Å²) >= 11 is 0. The van der Waals surface area contributed by atoms with Crippen LogP contribution in [0.5, 0.6) is 0 Å². The minimum absolute atomic E-state index is 0.215. The van der Waals surface area contributed by atoms with Gasteiger partial charge in [0.25, 0.3) is 5.91 Å². The van der Waals surface area contributed by atoms with Gasteiger partial charge >= 0.3 is 0 Å². The van der Waals surface area contributed by atoms with Gasteiger partial charge in [0.1, 0.15) is 5.69 Å². The fourth-order valence-corrected chi connectivity index (χ4v) is 4.35. The van der Waals surface area contributed by atoms with Gasteiger partial charge in [0.15, 0.2) is 0 Å². The van der Waals surface area contributed by atoms with Crippen LogP contribution >= 0.6 is 0 Å². The van der Waals surface area contributed by atoms with Crippen molar-refractivity contribution in [1.82, 2.24) is 15.2 Å². The average molecular weight is 433 g/mol. The Bertz CT molecular complexity index is 1060. The van der Waals surface area contributed by atoms with Gasteiger partial charge in [-0.2, -0.15) is 5.10 Å². The Hall–Kier alpha value is -3.39. The Morgan fingerprint density at radius 3 is 2.62 bits per heavy atom. The van der Waals surface area contributed by atoms with Crippen molar-refractivity contribution in [2.24, 2.45) is 0 Å². The number of ether oxygens (including phenoxy) is 1. The normalized spacial score (nSPS) is 16.8. The van der Waals surface area contributed by atoms with Gasteiger partial charge in [0.05, 0.1) is 36.5 Å². The first kappa shape index (κ1) is 20.5. The number of carbonyl (C=O) groups is 1. The van der Waals surface area contributed by atoms with E-state index in [9.17, 15) is 4.79 Å². The Kier molecular flexibility index (Phi) is 6.02. The van der Waals surface area contributed by atoms with Crippen molar-refractivity contribution < 1.29 is 9.53 Å². The summed E-state index contributed by atoms with van der Waals surface area (Å²) in [5.74, 6) is -0.215. The Balaban J connectivity index is 1.43. The topological polar surface area (TPSA) is 86.4 Å². The number of hydrogen-bond acceptors (Lipinski definition) is 6. The molecule has 0 radical (unpaired) electrons. The smallest absolute Gasteiger partial charge is 0.274 e. The molecular weight excluding hydrogens is 404 g/mol. The first-order valence-electron chi connectivity index (χ1n) is 11.3. The van der Waals surface area contributed by atoms with Crippen LogP contribution in [0.3, 0.4) is 0 Å². The van der Waals surface area contributed by atoms with E-state index >= 15 is 0 Å². The van der Waals surface area contributed by atoms with Crippen LogP contribution in [0.4, 0.5) is 17.1 Å². The van der Waals surface area contributed by atoms with Crippen molar-refractivity contribution in [3.63, 3.8) is 0 Å². The van der Waals surface area contributed by atoms with Crippen molar-refractivity contribution >= 4 is 23.0 Å². The largest absolute Gasteiger partial charge is 0.378 e. The van der Waals surface area contributed by atoms with Crippen molar-refractivity contribution in [2.45, 2.75) is 19.3 Å². The molecule has 0 unspecified atom stereocenters. The molecular formula is C24H28N6O2. The number of piperidine rings is 1. The van der Waals surface area contributed by atoms with Crippen LogP contribution < -0.4 is 15.1 Å². The van der Waals surface area contributed by atoms with Gasteiger partial charge in [-0.3, -0.25) is 9.89 Å². The van der Waals surface area contributed by atoms with Gasteiger partial charge in [0.2, 0.25) is 0 Å². The van der Waals surface area contributed by atoms with Gasteiger partial charge in [-0.15, -0.1) is 0 Å². The number of morpholine rings is 1. The second-order valence-electron chi connectivity index (χ2n) is 8.20. The summed E-state index contributed by atoms with van der Waals surface area (Å²) in [6.07, 6.45) is 7.07. The van der Waals surface area contributed by atoms with E-state index in [4.69, 9.17) is 4.74 Å². The fraction of sp³-hybridized carbons (Fsp3) is 0.375. The standard InChI is InChI=1S/C24H28N6O2/c31-24(21-6-4-5-20(27-21)18-16-25-26-17-18)28-22-15-19(29-11-13-32-14-12-29)7-8-23(22)30-9-2-1-3-10-30/h4-8,15-17H,1-3,9-14H2,(H,25,26)(H,28,31). The summed E-state index contributed by atoms with van der Waals surface area (Å²) < 4.78 is 5.50. The van der Waals surface area contributed by atoms with E-state index in [-0.39, 0.29) is 5.91 Å². The number of amides is 1. The number of pyridine rings is 1. The number of carbonyl (C=O) groups excluding carboxylic acids is 1. The van der Waals surface area contributed by atoms with Crippen LogP contribution in [0.1, 0.15) is 29.8 Å². The highest BCUT2D eigenvalue weighted by molar-refractivity contribution is 6.05. The first-order chi connectivity index (χ1) is 15.8. The number of anilines is 3. The average Bonchev–Trinajstić information content (AvgIpc) is 3.40. The minimum atomic E-state index is -0.215. The summed E-state index contributed by atoms with van der Waals surface area (Å²) in [5.41, 5.74) is 4.94. The molecule has 0 saturated carbocycles. The molecule has 2 aromatic heterocycles. The van der Waals surface area contributed by atoms with Crippen molar-refractivity contribution in [1.29, 1.82) is 0 Å². The van der Waals surface area contributed by atoms with Crippen LogP contribution in [0.25, 0.3) is 11.3 Å². The molecule has 3 aromatic rings. The van der Waals surface area contributed by atoms with Gasteiger partial charge < -0.3 is 19.9 Å². The lowest BCUT2D eigenvalue weighted by atomic mass is 10.1. The molecule has 2 aliphatic rings. The van der Waals surface area contributed by atoms with Crippen molar-refractivity contribution in [2.75, 3.05) is 54.5 Å². The second-order valence-corrected chi connectivity index (χ2v) is 8.20. The van der Waals surface area contributed by atoms with Crippen molar-refractivity contribution in [3.8, 4) is 11.3 Å². The van der Waals surface area contributed by atoms with E-state index in [1.807, 2.05) is 12.1 Å². The third-order valence-electron chi connectivity index (χ3n) is 6.08. The number of hydrogen-bond donors (Lipinski definition) is 2. The molecule has 0 bridgehead atoms. The zero-order valence-corrected chi connectivity index (χ0v) is 18.1. The van der Waals surface area contributed by atoms with E-state index in [1.54, 1.807) is 18.5 Å². The number of nitrogens with one attached hydrogen (secondary N) is 2. The number of aromatic nitrogens is 3. The molecule has 0 spiro atoms. The monoisotopic (exact) mass is 432 g/mol. The van der Waals surface area contributed by atoms with Crippen LogP contribution in [-0.4, -0.2) is 60.5 Å². The molecule has 1 aromatic carbocycles. The zero-order chi connectivity index (χ0) is 21.8. The molecule has 2 fully saturated rings. The third kappa shape index (κ3) is 4.45. The number of rotatable bonds is 5. The lowest BCUT2D eigenvalue weighted by Gasteiger charge is -2.33. The lowest BCUT2D eigenvalue weighted by Crippen LogP contribution is -2.36. The van der Waals surface area contributed by atoms with Gasteiger partial charge in [-0.25, -0.2) is 4.98 Å². The maximum atomic E-state index is 13.2. The second kappa shape index (κ2) is 9.40. The third-order valence-corrected chi connectivity index (χ3v) is 6.08. The zero-order valence-electron chi connectivity index (χ0n) is 18.1. The summed E-state index contributed by atoms with van der Waals surface area (Å²) in [5, 5.41) is 9.91. The molecule has 2 saturated heterocycles. The first-order valence-corrected chi connectivity index (χ1v) is 11.3. The lowest BCUT2D eigenvalue weighted by molar-refractivity contribution is 0.102. The molecule has 1 amide bonds. The van der Waals surface area contributed by atoms with Gasteiger partial charge in [0, 0.05) is 43.6 Å². The van der Waals surface area contributed by atoms with E-state index in [0.29, 0.717) is 11.4 Å². The summed E-state index contributed by atoms with van der Waals surface area (Å²) in [6, 6.07) is 11.8. The number of H-pyrrole nitrogens is 1. The molecule has 4 heterocycles. The number of benzene rings is 1. The Labute approximate surface area is 187 Å². The molecule has 0 aliphatic carbocycles.